The number of nitrogens with zero attached hydrogens (tertiary/aromatic N) is 1. The summed E-state index contributed by atoms with van der Waals surface area (Å²) in [5.41, 5.74) is 2.34. The topological polar surface area (TPSA) is 20.3 Å². The monoisotopic (exact) mass is 321 g/mol. The van der Waals surface area contributed by atoms with Crippen LogP contribution in [0.15, 0.2) is 16.6 Å². The summed E-state index contributed by atoms with van der Waals surface area (Å²) in [5.74, 6) is 0.00671. The van der Waals surface area contributed by atoms with Gasteiger partial charge in [0.2, 0.25) is 5.91 Å². The third-order valence-corrected chi connectivity index (χ3v) is 4.44. The second kappa shape index (κ2) is 4.94. The molecule has 1 amide bonds. The maximum Gasteiger partial charge on any atom is 0.237 e. The molecule has 0 radical (unpaired) electrons. The van der Waals surface area contributed by atoms with Gasteiger partial charge in [0.05, 0.1) is 5.02 Å². The van der Waals surface area contributed by atoms with Gasteiger partial charge in [-0.3, -0.25) is 4.79 Å². The number of amides is 1. The summed E-state index contributed by atoms with van der Waals surface area (Å²) in [5, 5.41) is 0.680. The highest BCUT2D eigenvalue weighted by Crippen LogP contribution is 2.32. The van der Waals surface area contributed by atoms with Gasteiger partial charge in [-0.05, 0) is 39.5 Å². The average molecular weight is 323 g/mol. The van der Waals surface area contributed by atoms with Crippen molar-refractivity contribution < 1.29 is 4.79 Å². The van der Waals surface area contributed by atoms with Gasteiger partial charge in [0.15, 0.2) is 0 Å². The van der Waals surface area contributed by atoms with Gasteiger partial charge in [-0.2, -0.15) is 0 Å². The van der Waals surface area contributed by atoms with Gasteiger partial charge in [0, 0.05) is 17.6 Å². The Morgan fingerprint density at radius 2 is 2.25 bits per heavy atom. The lowest BCUT2D eigenvalue weighted by atomic mass is 10.00. The van der Waals surface area contributed by atoms with Crippen molar-refractivity contribution in [3.63, 3.8) is 0 Å². The number of halogens is 3. The summed E-state index contributed by atoms with van der Waals surface area (Å²) in [6, 6.07) is 3.90. The van der Waals surface area contributed by atoms with Crippen LogP contribution in [0.1, 0.15) is 11.1 Å². The number of benzene rings is 1. The molecule has 1 heterocycles. The number of hydrogen-bond acceptors (Lipinski definition) is 1. The SMILES string of the molecule is O=C(CCl)N1CCc2ccc(Cl)c(Br)c2C1. The molecule has 1 aromatic rings. The molecule has 0 unspecified atom stereocenters. The Balaban J connectivity index is 2.32. The number of fused-ring (bicyclic) bond motifs is 1. The molecule has 5 heteroatoms. The van der Waals surface area contributed by atoms with Crippen molar-refractivity contribution in [3.05, 3.63) is 32.8 Å². The summed E-state index contributed by atoms with van der Waals surface area (Å²) in [6.07, 6.45) is 0.855. The molecule has 0 N–H and O–H groups in total. The van der Waals surface area contributed by atoms with Crippen LogP contribution in [0.4, 0.5) is 0 Å². The Labute approximate surface area is 113 Å². The fraction of sp³-hybridized carbons (Fsp3) is 0.364. The third kappa shape index (κ3) is 2.22. The molecule has 0 bridgehead atoms. The van der Waals surface area contributed by atoms with Crippen molar-refractivity contribution in [2.75, 3.05) is 12.4 Å². The Hall–Kier alpha value is -0.250. The van der Waals surface area contributed by atoms with E-state index in [0.29, 0.717) is 11.6 Å². The van der Waals surface area contributed by atoms with Crippen molar-refractivity contribution in [3.8, 4) is 0 Å². The molecule has 86 valence electrons. The van der Waals surface area contributed by atoms with Crippen LogP contribution in [0.2, 0.25) is 5.02 Å². The number of alkyl halides is 1. The highest BCUT2D eigenvalue weighted by Gasteiger charge is 2.22. The van der Waals surface area contributed by atoms with E-state index in [0.717, 1.165) is 23.0 Å². The molecule has 0 aromatic heterocycles. The molecule has 1 aliphatic rings. The van der Waals surface area contributed by atoms with E-state index >= 15 is 0 Å². The Morgan fingerprint density at radius 1 is 1.50 bits per heavy atom. The largest absolute Gasteiger partial charge is 0.337 e. The molecule has 2 nitrogen and oxygen atoms in total. The van der Waals surface area contributed by atoms with Crippen LogP contribution in [-0.4, -0.2) is 23.2 Å². The van der Waals surface area contributed by atoms with Crippen molar-refractivity contribution >= 4 is 45.0 Å². The van der Waals surface area contributed by atoms with Crippen LogP contribution in [-0.2, 0) is 17.8 Å². The molecular weight excluding hydrogens is 313 g/mol. The van der Waals surface area contributed by atoms with E-state index < -0.39 is 0 Å². The van der Waals surface area contributed by atoms with Crippen molar-refractivity contribution in [1.29, 1.82) is 0 Å². The third-order valence-electron chi connectivity index (χ3n) is 2.76. The predicted octanol–water partition coefficient (Wildman–Crippen LogP) is 3.23. The van der Waals surface area contributed by atoms with Crippen LogP contribution >= 0.6 is 39.1 Å². The minimum absolute atomic E-state index is 0.0285. The van der Waals surface area contributed by atoms with E-state index in [-0.39, 0.29) is 11.8 Å². The molecule has 0 atom stereocenters. The van der Waals surface area contributed by atoms with Gasteiger partial charge in [-0.25, -0.2) is 0 Å². The molecule has 16 heavy (non-hydrogen) atoms. The van der Waals surface area contributed by atoms with Gasteiger partial charge in [0.1, 0.15) is 5.88 Å². The molecule has 0 fully saturated rings. The van der Waals surface area contributed by atoms with Gasteiger partial charge in [-0.15, -0.1) is 11.6 Å². The summed E-state index contributed by atoms with van der Waals surface area (Å²) in [4.78, 5) is 13.3. The van der Waals surface area contributed by atoms with E-state index in [2.05, 4.69) is 15.9 Å². The quantitative estimate of drug-likeness (QED) is 0.727. The molecule has 0 spiro atoms. The number of hydrogen-bond donors (Lipinski definition) is 0. The van der Waals surface area contributed by atoms with Gasteiger partial charge in [-0.1, -0.05) is 17.7 Å². The summed E-state index contributed by atoms with van der Waals surface area (Å²) in [7, 11) is 0. The zero-order chi connectivity index (χ0) is 11.7. The minimum Gasteiger partial charge on any atom is -0.337 e. The zero-order valence-electron chi connectivity index (χ0n) is 8.47. The molecule has 1 aromatic carbocycles. The fourth-order valence-corrected chi connectivity index (χ4v) is 2.72. The predicted molar refractivity (Wildman–Crippen MR) is 69.0 cm³/mol. The van der Waals surface area contributed by atoms with Crippen molar-refractivity contribution in [2.24, 2.45) is 0 Å². The van der Waals surface area contributed by atoms with E-state index in [4.69, 9.17) is 23.2 Å². The lowest BCUT2D eigenvalue weighted by molar-refractivity contribution is -0.129. The van der Waals surface area contributed by atoms with E-state index in [1.165, 1.54) is 5.56 Å². The normalized spacial score (nSPS) is 14.8. The summed E-state index contributed by atoms with van der Waals surface area (Å²) < 4.78 is 0.888. The first kappa shape index (κ1) is 12.2. The van der Waals surface area contributed by atoms with Crippen LogP contribution < -0.4 is 0 Å². The van der Waals surface area contributed by atoms with Gasteiger partial charge in [0.25, 0.3) is 0 Å². The summed E-state index contributed by atoms with van der Waals surface area (Å²) in [6.45, 7) is 1.31. The number of rotatable bonds is 1. The maximum atomic E-state index is 11.5. The molecule has 0 aliphatic carbocycles. The fourth-order valence-electron chi connectivity index (χ4n) is 1.86. The second-order valence-electron chi connectivity index (χ2n) is 3.70. The van der Waals surface area contributed by atoms with Gasteiger partial charge >= 0.3 is 0 Å². The van der Waals surface area contributed by atoms with Crippen LogP contribution in [0, 0.1) is 0 Å². The molecule has 2 rings (SSSR count). The van der Waals surface area contributed by atoms with Crippen LogP contribution in [0.25, 0.3) is 0 Å². The zero-order valence-corrected chi connectivity index (χ0v) is 11.6. The first-order valence-electron chi connectivity index (χ1n) is 4.93. The number of carbonyl (C=O) groups excluding carboxylic acids is 1. The van der Waals surface area contributed by atoms with Crippen LogP contribution in [0.5, 0.6) is 0 Å². The minimum atomic E-state index is -0.0285. The maximum absolute atomic E-state index is 11.5. The second-order valence-corrected chi connectivity index (χ2v) is 5.17. The first-order valence-corrected chi connectivity index (χ1v) is 6.63. The molecule has 0 saturated carbocycles. The lowest BCUT2D eigenvalue weighted by Crippen LogP contribution is -2.36. The smallest absolute Gasteiger partial charge is 0.237 e. The van der Waals surface area contributed by atoms with Crippen molar-refractivity contribution in [1.82, 2.24) is 4.90 Å². The molecular formula is C11H10BrCl2NO. The number of carbonyl (C=O) groups is 1. The highest BCUT2D eigenvalue weighted by atomic mass is 79.9. The Morgan fingerprint density at radius 3 is 2.94 bits per heavy atom. The van der Waals surface area contributed by atoms with Gasteiger partial charge < -0.3 is 4.90 Å². The Kier molecular flexibility index (Phi) is 3.77. The highest BCUT2D eigenvalue weighted by molar-refractivity contribution is 9.10. The Bertz CT molecular complexity index is 436. The van der Waals surface area contributed by atoms with Crippen LogP contribution in [0.3, 0.4) is 0 Å². The van der Waals surface area contributed by atoms with Crippen molar-refractivity contribution in [2.45, 2.75) is 13.0 Å². The first-order chi connectivity index (χ1) is 7.63. The lowest BCUT2D eigenvalue weighted by Gasteiger charge is -2.29. The molecule has 1 aliphatic heterocycles. The standard InChI is InChI=1S/C11H10BrCl2NO/c12-11-8-6-15(10(16)5-13)4-3-7(8)1-2-9(11)14/h1-2H,3-6H2. The van der Waals surface area contributed by atoms with E-state index in [1.807, 2.05) is 12.1 Å². The van der Waals surface area contributed by atoms with E-state index in [9.17, 15) is 4.79 Å². The van der Waals surface area contributed by atoms with E-state index in [1.54, 1.807) is 4.90 Å². The summed E-state index contributed by atoms with van der Waals surface area (Å²) >= 11 is 15.0. The average Bonchev–Trinajstić information content (AvgIpc) is 2.32. The molecule has 0 saturated heterocycles.